The first-order chi connectivity index (χ1) is 10.5. The predicted molar refractivity (Wildman–Crippen MR) is 81.4 cm³/mol. The number of rotatable bonds is 7. The van der Waals surface area contributed by atoms with Gasteiger partial charge in [-0.2, -0.15) is 0 Å². The highest BCUT2D eigenvalue weighted by molar-refractivity contribution is 6.09. The average molecular weight is 305 g/mol. The third kappa shape index (κ3) is 5.12. The summed E-state index contributed by atoms with van der Waals surface area (Å²) in [6.07, 6.45) is 1.19. The summed E-state index contributed by atoms with van der Waals surface area (Å²) in [4.78, 5) is 38.8. The van der Waals surface area contributed by atoms with E-state index in [2.05, 4.69) is 4.99 Å². The topological polar surface area (TPSA) is 82.0 Å². The Morgan fingerprint density at radius 3 is 1.95 bits per heavy atom. The van der Waals surface area contributed by atoms with Crippen molar-refractivity contribution in [2.24, 2.45) is 10.9 Å². The van der Waals surface area contributed by atoms with E-state index in [-0.39, 0.29) is 19.0 Å². The zero-order chi connectivity index (χ0) is 16.5. The van der Waals surface area contributed by atoms with Crippen LogP contribution in [-0.2, 0) is 19.1 Å². The van der Waals surface area contributed by atoms with Gasteiger partial charge in [0, 0.05) is 11.8 Å². The van der Waals surface area contributed by atoms with E-state index >= 15 is 0 Å². The van der Waals surface area contributed by atoms with Crippen LogP contribution < -0.4 is 0 Å². The maximum Gasteiger partial charge on any atom is 0.325 e. The van der Waals surface area contributed by atoms with Crippen molar-refractivity contribution in [3.63, 3.8) is 0 Å². The standard InChI is InChI=1S/C16H19NO5/c1-4-21-15(19)14(16(20)22-5-2)10-17-13-8-6-12(7-9-13)11(3)18/h6-10,14H,4-5H2,1-3H3. The maximum atomic E-state index is 11.8. The van der Waals surface area contributed by atoms with E-state index < -0.39 is 17.9 Å². The van der Waals surface area contributed by atoms with Gasteiger partial charge in [-0.1, -0.05) is 0 Å². The molecule has 0 saturated carbocycles. The van der Waals surface area contributed by atoms with Crippen molar-refractivity contribution in [2.45, 2.75) is 20.8 Å². The first-order valence-electron chi connectivity index (χ1n) is 6.98. The molecule has 118 valence electrons. The van der Waals surface area contributed by atoms with E-state index in [1.165, 1.54) is 13.1 Å². The van der Waals surface area contributed by atoms with Crippen LogP contribution in [0.4, 0.5) is 5.69 Å². The van der Waals surface area contributed by atoms with E-state index in [4.69, 9.17) is 9.47 Å². The number of esters is 2. The van der Waals surface area contributed by atoms with Gasteiger partial charge in [0.25, 0.3) is 0 Å². The minimum atomic E-state index is -1.20. The normalized spacial score (nSPS) is 10.7. The lowest BCUT2D eigenvalue weighted by Gasteiger charge is -2.10. The molecule has 0 spiro atoms. The van der Waals surface area contributed by atoms with Gasteiger partial charge in [0.15, 0.2) is 11.7 Å². The minimum absolute atomic E-state index is 0.0496. The van der Waals surface area contributed by atoms with Crippen LogP contribution in [0.25, 0.3) is 0 Å². The maximum absolute atomic E-state index is 11.8. The van der Waals surface area contributed by atoms with Crippen LogP contribution in [0.15, 0.2) is 29.3 Å². The SMILES string of the molecule is CCOC(=O)C(C=Nc1ccc(C(C)=O)cc1)C(=O)OCC. The zero-order valence-corrected chi connectivity index (χ0v) is 12.9. The Morgan fingerprint density at radius 1 is 1.05 bits per heavy atom. The molecule has 0 fully saturated rings. The van der Waals surface area contributed by atoms with Crippen LogP contribution in [0.3, 0.4) is 0 Å². The Balaban J connectivity index is 2.89. The lowest BCUT2D eigenvalue weighted by Crippen LogP contribution is -2.29. The summed E-state index contributed by atoms with van der Waals surface area (Å²) in [6.45, 7) is 5.09. The summed E-state index contributed by atoms with van der Waals surface area (Å²) < 4.78 is 9.67. The molecular formula is C16H19NO5. The molecule has 0 amide bonds. The van der Waals surface area contributed by atoms with Gasteiger partial charge in [0.2, 0.25) is 0 Å². The van der Waals surface area contributed by atoms with Gasteiger partial charge in [-0.05, 0) is 45.0 Å². The Morgan fingerprint density at radius 2 is 1.55 bits per heavy atom. The van der Waals surface area contributed by atoms with E-state index in [9.17, 15) is 14.4 Å². The van der Waals surface area contributed by atoms with Crippen LogP contribution in [0.2, 0.25) is 0 Å². The number of hydrogen-bond acceptors (Lipinski definition) is 6. The number of carbonyl (C=O) groups excluding carboxylic acids is 3. The summed E-state index contributed by atoms with van der Waals surface area (Å²) in [5, 5.41) is 0. The van der Waals surface area contributed by atoms with Crippen molar-refractivity contribution in [3.05, 3.63) is 29.8 Å². The van der Waals surface area contributed by atoms with Crippen molar-refractivity contribution in [3.8, 4) is 0 Å². The fraction of sp³-hybridized carbons (Fsp3) is 0.375. The Labute approximate surface area is 129 Å². The lowest BCUT2D eigenvalue weighted by atomic mass is 10.1. The summed E-state index contributed by atoms with van der Waals surface area (Å²) >= 11 is 0. The highest BCUT2D eigenvalue weighted by atomic mass is 16.6. The minimum Gasteiger partial charge on any atom is -0.465 e. The average Bonchev–Trinajstić information content (AvgIpc) is 2.48. The number of ether oxygens (including phenoxy) is 2. The van der Waals surface area contributed by atoms with Crippen molar-refractivity contribution in [2.75, 3.05) is 13.2 Å². The van der Waals surface area contributed by atoms with Gasteiger partial charge < -0.3 is 9.47 Å². The number of benzene rings is 1. The molecule has 6 heteroatoms. The van der Waals surface area contributed by atoms with E-state index in [0.717, 1.165) is 0 Å². The van der Waals surface area contributed by atoms with Crippen LogP contribution in [0, 0.1) is 5.92 Å². The Kier molecular flexibility index (Phi) is 6.95. The van der Waals surface area contributed by atoms with Crippen LogP contribution in [0.5, 0.6) is 0 Å². The van der Waals surface area contributed by atoms with E-state index in [0.29, 0.717) is 11.3 Å². The third-order valence-corrected chi connectivity index (χ3v) is 2.73. The molecule has 0 unspecified atom stereocenters. The van der Waals surface area contributed by atoms with Crippen molar-refractivity contribution >= 4 is 29.6 Å². The van der Waals surface area contributed by atoms with Crippen LogP contribution in [-0.4, -0.2) is 37.2 Å². The molecule has 1 aromatic rings. The number of Topliss-reactive ketones (excluding diaryl/α,β-unsaturated/α-hetero) is 1. The van der Waals surface area contributed by atoms with Gasteiger partial charge in [-0.25, -0.2) is 0 Å². The van der Waals surface area contributed by atoms with Crippen molar-refractivity contribution in [1.82, 2.24) is 0 Å². The molecule has 1 aromatic carbocycles. The second-order valence-electron chi connectivity index (χ2n) is 4.36. The van der Waals surface area contributed by atoms with E-state index in [1.807, 2.05) is 0 Å². The zero-order valence-electron chi connectivity index (χ0n) is 12.9. The molecule has 0 atom stereocenters. The summed E-state index contributed by atoms with van der Waals surface area (Å²) in [5.41, 5.74) is 1.08. The van der Waals surface area contributed by atoms with E-state index in [1.54, 1.807) is 38.1 Å². The van der Waals surface area contributed by atoms with Gasteiger partial charge in [-0.15, -0.1) is 0 Å². The molecule has 22 heavy (non-hydrogen) atoms. The number of carbonyl (C=O) groups is 3. The first-order valence-corrected chi connectivity index (χ1v) is 6.98. The molecule has 0 N–H and O–H groups in total. The second-order valence-corrected chi connectivity index (χ2v) is 4.36. The number of nitrogens with zero attached hydrogens (tertiary/aromatic N) is 1. The fourth-order valence-corrected chi connectivity index (χ4v) is 1.62. The second kappa shape index (κ2) is 8.71. The molecule has 0 radical (unpaired) electrons. The number of aliphatic imine (C=N–C) groups is 1. The molecule has 1 rings (SSSR count). The first kappa shape index (κ1) is 17.6. The lowest BCUT2D eigenvalue weighted by molar-refractivity contribution is -0.157. The summed E-state index contributed by atoms with van der Waals surface area (Å²) in [5.74, 6) is -2.66. The summed E-state index contributed by atoms with van der Waals surface area (Å²) in [7, 11) is 0. The quantitative estimate of drug-likeness (QED) is 0.334. The van der Waals surface area contributed by atoms with Gasteiger partial charge in [-0.3, -0.25) is 19.4 Å². The molecule has 0 aromatic heterocycles. The molecule has 0 aliphatic heterocycles. The molecule has 0 saturated heterocycles. The number of hydrogen-bond donors (Lipinski definition) is 0. The smallest absolute Gasteiger partial charge is 0.325 e. The molecule has 0 aliphatic rings. The largest absolute Gasteiger partial charge is 0.465 e. The highest BCUT2D eigenvalue weighted by Gasteiger charge is 2.27. The van der Waals surface area contributed by atoms with Gasteiger partial charge in [0.1, 0.15) is 0 Å². The molecule has 0 bridgehead atoms. The van der Waals surface area contributed by atoms with Crippen LogP contribution in [0.1, 0.15) is 31.1 Å². The number of ketones is 1. The van der Waals surface area contributed by atoms with Crippen LogP contribution >= 0.6 is 0 Å². The molecule has 6 nitrogen and oxygen atoms in total. The molecular weight excluding hydrogens is 286 g/mol. The monoisotopic (exact) mass is 305 g/mol. The summed E-state index contributed by atoms with van der Waals surface area (Å²) in [6, 6.07) is 6.50. The Hall–Kier alpha value is -2.50. The Bertz CT molecular complexity index is 544. The highest BCUT2D eigenvalue weighted by Crippen LogP contribution is 2.14. The predicted octanol–water partition coefficient (Wildman–Crippen LogP) is 2.33. The molecule has 0 aliphatic carbocycles. The molecule has 0 heterocycles. The third-order valence-electron chi connectivity index (χ3n) is 2.73. The van der Waals surface area contributed by atoms with Crippen molar-refractivity contribution in [1.29, 1.82) is 0 Å². The van der Waals surface area contributed by atoms with Crippen molar-refractivity contribution < 1.29 is 23.9 Å². The fourth-order valence-electron chi connectivity index (χ4n) is 1.62. The van der Waals surface area contributed by atoms with Gasteiger partial charge >= 0.3 is 11.9 Å². The van der Waals surface area contributed by atoms with Gasteiger partial charge in [0.05, 0.1) is 18.9 Å².